The van der Waals surface area contributed by atoms with Crippen molar-refractivity contribution in [1.82, 2.24) is 9.97 Å². The number of rotatable bonds is 5. The molecule has 1 aromatic heterocycles. The molecule has 0 saturated heterocycles. The lowest BCUT2D eigenvalue weighted by atomic mass is 10.1. The second kappa shape index (κ2) is 6.29. The van der Waals surface area contributed by atoms with Gasteiger partial charge < -0.3 is 10.2 Å². The SMILES string of the molecule is CCNc1nc(N(C)CC2CCCC2)c2ccccc2n1. The van der Waals surface area contributed by atoms with Gasteiger partial charge in [0.05, 0.1) is 5.52 Å². The Hall–Kier alpha value is -1.84. The monoisotopic (exact) mass is 284 g/mol. The minimum absolute atomic E-state index is 0.726. The highest BCUT2D eigenvalue weighted by Crippen LogP contribution is 2.29. The Kier molecular flexibility index (Phi) is 4.23. The van der Waals surface area contributed by atoms with Gasteiger partial charge in [-0.3, -0.25) is 0 Å². The van der Waals surface area contributed by atoms with Gasteiger partial charge >= 0.3 is 0 Å². The summed E-state index contributed by atoms with van der Waals surface area (Å²) in [4.78, 5) is 11.6. The van der Waals surface area contributed by atoms with E-state index in [9.17, 15) is 0 Å². The van der Waals surface area contributed by atoms with Crippen LogP contribution in [0, 0.1) is 5.92 Å². The molecule has 4 nitrogen and oxygen atoms in total. The summed E-state index contributed by atoms with van der Waals surface area (Å²) >= 11 is 0. The fourth-order valence-electron chi connectivity index (χ4n) is 3.25. The van der Waals surface area contributed by atoms with Crippen LogP contribution in [0.25, 0.3) is 10.9 Å². The molecule has 1 heterocycles. The molecule has 4 heteroatoms. The number of benzene rings is 1. The van der Waals surface area contributed by atoms with Crippen molar-refractivity contribution in [3.05, 3.63) is 24.3 Å². The fourth-order valence-corrected chi connectivity index (χ4v) is 3.25. The maximum absolute atomic E-state index is 4.74. The van der Waals surface area contributed by atoms with Gasteiger partial charge in [0.2, 0.25) is 5.95 Å². The van der Waals surface area contributed by atoms with Crippen molar-refractivity contribution in [3.8, 4) is 0 Å². The lowest BCUT2D eigenvalue weighted by molar-refractivity contribution is 0.545. The molecule has 112 valence electrons. The Morgan fingerprint density at radius 2 is 1.95 bits per heavy atom. The van der Waals surface area contributed by atoms with E-state index in [-0.39, 0.29) is 0 Å². The summed E-state index contributed by atoms with van der Waals surface area (Å²) in [7, 11) is 2.16. The zero-order valence-corrected chi connectivity index (χ0v) is 13.0. The van der Waals surface area contributed by atoms with E-state index in [0.29, 0.717) is 0 Å². The van der Waals surface area contributed by atoms with Gasteiger partial charge in [-0.1, -0.05) is 25.0 Å². The Bertz CT molecular complexity index is 605. The molecule has 21 heavy (non-hydrogen) atoms. The number of nitrogens with one attached hydrogen (secondary N) is 1. The Morgan fingerprint density at radius 3 is 2.71 bits per heavy atom. The van der Waals surface area contributed by atoms with Crippen LogP contribution in [0.4, 0.5) is 11.8 Å². The zero-order chi connectivity index (χ0) is 14.7. The van der Waals surface area contributed by atoms with E-state index in [0.717, 1.165) is 41.7 Å². The first-order chi connectivity index (χ1) is 10.3. The molecule has 0 amide bonds. The van der Waals surface area contributed by atoms with Crippen LogP contribution in [0.3, 0.4) is 0 Å². The van der Waals surface area contributed by atoms with Crippen LogP contribution in [0.2, 0.25) is 0 Å². The third-order valence-corrected chi connectivity index (χ3v) is 4.29. The number of hydrogen-bond donors (Lipinski definition) is 1. The highest BCUT2D eigenvalue weighted by Gasteiger charge is 2.19. The summed E-state index contributed by atoms with van der Waals surface area (Å²) in [6, 6.07) is 8.27. The summed E-state index contributed by atoms with van der Waals surface area (Å²) in [6.07, 6.45) is 5.47. The van der Waals surface area contributed by atoms with Crippen molar-refractivity contribution in [2.75, 3.05) is 30.4 Å². The summed E-state index contributed by atoms with van der Waals surface area (Å²) in [6.45, 7) is 4.00. The van der Waals surface area contributed by atoms with Gasteiger partial charge in [-0.2, -0.15) is 4.98 Å². The molecule has 2 aromatic rings. The molecule has 0 unspecified atom stereocenters. The largest absolute Gasteiger partial charge is 0.359 e. The van der Waals surface area contributed by atoms with E-state index in [4.69, 9.17) is 4.98 Å². The Labute approximate surface area is 126 Å². The topological polar surface area (TPSA) is 41.1 Å². The Balaban J connectivity index is 1.94. The van der Waals surface area contributed by atoms with Gasteiger partial charge in [0.1, 0.15) is 5.82 Å². The molecular weight excluding hydrogens is 260 g/mol. The van der Waals surface area contributed by atoms with E-state index in [1.54, 1.807) is 0 Å². The molecule has 1 aliphatic carbocycles. The summed E-state index contributed by atoms with van der Waals surface area (Å²) in [5.74, 6) is 2.58. The minimum atomic E-state index is 0.726. The molecule has 1 aromatic carbocycles. The Morgan fingerprint density at radius 1 is 1.19 bits per heavy atom. The summed E-state index contributed by atoms with van der Waals surface area (Å²) < 4.78 is 0. The van der Waals surface area contributed by atoms with Crippen LogP contribution in [0.15, 0.2) is 24.3 Å². The highest BCUT2D eigenvalue weighted by atomic mass is 15.2. The predicted molar refractivity (Wildman–Crippen MR) is 88.9 cm³/mol. The van der Waals surface area contributed by atoms with Crippen LogP contribution in [-0.2, 0) is 0 Å². The number of fused-ring (bicyclic) bond motifs is 1. The first-order valence-electron chi connectivity index (χ1n) is 7.99. The third-order valence-electron chi connectivity index (χ3n) is 4.29. The average molecular weight is 284 g/mol. The van der Waals surface area contributed by atoms with Crippen molar-refractivity contribution in [3.63, 3.8) is 0 Å². The minimum Gasteiger partial charge on any atom is -0.359 e. The fraction of sp³-hybridized carbons (Fsp3) is 0.529. The first-order valence-corrected chi connectivity index (χ1v) is 7.99. The predicted octanol–water partition coefficient (Wildman–Crippen LogP) is 3.69. The van der Waals surface area contributed by atoms with Crippen LogP contribution in [0.1, 0.15) is 32.6 Å². The van der Waals surface area contributed by atoms with E-state index in [1.807, 2.05) is 6.07 Å². The first kappa shape index (κ1) is 14.1. The quantitative estimate of drug-likeness (QED) is 0.909. The van der Waals surface area contributed by atoms with Crippen molar-refractivity contribution in [1.29, 1.82) is 0 Å². The standard InChI is InChI=1S/C17H24N4/c1-3-18-17-19-15-11-7-6-10-14(15)16(20-17)21(2)12-13-8-4-5-9-13/h6-7,10-11,13H,3-5,8-9,12H2,1-2H3,(H,18,19,20). The van der Waals surface area contributed by atoms with E-state index >= 15 is 0 Å². The number of anilines is 2. The van der Waals surface area contributed by atoms with Gasteiger partial charge in [-0.05, 0) is 37.8 Å². The molecule has 3 rings (SSSR count). The highest BCUT2D eigenvalue weighted by molar-refractivity contribution is 5.90. The van der Waals surface area contributed by atoms with Crippen LogP contribution in [0.5, 0.6) is 0 Å². The number of nitrogens with zero attached hydrogens (tertiary/aromatic N) is 3. The molecule has 0 spiro atoms. The van der Waals surface area contributed by atoms with E-state index in [1.165, 1.54) is 25.7 Å². The van der Waals surface area contributed by atoms with Gasteiger partial charge in [0.25, 0.3) is 0 Å². The number of aromatic nitrogens is 2. The lowest BCUT2D eigenvalue weighted by Crippen LogP contribution is -2.25. The van der Waals surface area contributed by atoms with Crippen LogP contribution < -0.4 is 10.2 Å². The van der Waals surface area contributed by atoms with E-state index in [2.05, 4.69) is 47.4 Å². The van der Waals surface area contributed by atoms with Crippen molar-refractivity contribution in [2.24, 2.45) is 5.92 Å². The summed E-state index contributed by atoms with van der Waals surface area (Å²) in [5.41, 5.74) is 1.01. The van der Waals surface area contributed by atoms with Gasteiger partial charge in [0, 0.05) is 25.5 Å². The normalized spacial score (nSPS) is 15.5. The zero-order valence-electron chi connectivity index (χ0n) is 13.0. The second-order valence-corrected chi connectivity index (χ2v) is 5.95. The number of hydrogen-bond acceptors (Lipinski definition) is 4. The van der Waals surface area contributed by atoms with Crippen LogP contribution in [-0.4, -0.2) is 30.1 Å². The van der Waals surface area contributed by atoms with Gasteiger partial charge in [-0.25, -0.2) is 4.98 Å². The molecular formula is C17H24N4. The smallest absolute Gasteiger partial charge is 0.225 e. The number of para-hydroxylation sites is 1. The molecule has 1 N–H and O–H groups in total. The molecule has 1 fully saturated rings. The van der Waals surface area contributed by atoms with Crippen LogP contribution >= 0.6 is 0 Å². The molecule has 0 radical (unpaired) electrons. The average Bonchev–Trinajstić information content (AvgIpc) is 2.99. The lowest BCUT2D eigenvalue weighted by Gasteiger charge is -2.23. The molecule has 0 aliphatic heterocycles. The van der Waals surface area contributed by atoms with Gasteiger partial charge in [0.15, 0.2) is 0 Å². The van der Waals surface area contributed by atoms with Crippen molar-refractivity contribution < 1.29 is 0 Å². The van der Waals surface area contributed by atoms with E-state index < -0.39 is 0 Å². The van der Waals surface area contributed by atoms with Gasteiger partial charge in [-0.15, -0.1) is 0 Å². The molecule has 0 bridgehead atoms. The summed E-state index contributed by atoms with van der Waals surface area (Å²) in [5, 5.41) is 4.38. The molecule has 1 aliphatic rings. The molecule has 1 saturated carbocycles. The second-order valence-electron chi connectivity index (χ2n) is 5.95. The van der Waals surface area contributed by atoms with Crippen molar-refractivity contribution in [2.45, 2.75) is 32.6 Å². The molecule has 0 atom stereocenters. The third kappa shape index (κ3) is 3.09. The maximum atomic E-state index is 4.74. The van der Waals surface area contributed by atoms with Crippen molar-refractivity contribution >= 4 is 22.7 Å². The maximum Gasteiger partial charge on any atom is 0.225 e.